The molecule has 0 aliphatic carbocycles. The van der Waals surface area contributed by atoms with Gasteiger partial charge in [-0.25, -0.2) is 4.98 Å². The van der Waals surface area contributed by atoms with Crippen LogP contribution >= 0.6 is 0 Å². The van der Waals surface area contributed by atoms with Crippen molar-refractivity contribution >= 4 is 17.5 Å². The lowest BCUT2D eigenvalue weighted by Crippen LogP contribution is -2.11. The second-order valence-electron chi connectivity index (χ2n) is 6.31. The number of hydrogen-bond acceptors (Lipinski definition) is 5. The molecule has 2 aromatic rings. The Kier molecular flexibility index (Phi) is 5.79. The van der Waals surface area contributed by atoms with E-state index in [2.05, 4.69) is 34.4 Å². The monoisotopic (exact) mass is 314 g/mol. The molecule has 0 unspecified atom stereocenters. The van der Waals surface area contributed by atoms with Crippen LogP contribution < -0.4 is 15.4 Å². The van der Waals surface area contributed by atoms with Crippen molar-refractivity contribution in [3.05, 3.63) is 36.0 Å². The molecule has 5 nitrogen and oxygen atoms in total. The first-order valence-corrected chi connectivity index (χ1v) is 8.05. The minimum Gasteiger partial charge on any atom is -0.491 e. The van der Waals surface area contributed by atoms with Crippen molar-refractivity contribution in [1.29, 1.82) is 0 Å². The molecule has 0 bridgehead atoms. The third kappa shape index (κ3) is 5.77. The predicted octanol–water partition coefficient (Wildman–Crippen LogP) is 4.38. The molecule has 0 fully saturated rings. The second kappa shape index (κ2) is 7.81. The molecule has 124 valence electrons. The molecule has 1 aromatic carbocycles. The summed E-state index contributed by atoms with van der Waals surface area (Å²) in [6.07, 6.45) is 0.174. The Morgan fingerprint density at radius 1 is 1.04 bits per heavy atom. The second-order valence-corrected chi connectivity index (χ2v) is 6.31. The maximum absolute atomic E-state index is 5.65. The first-order valence-electron chi connectivity index (χ1n) is 8.05. The molecule has 2 N–H and O–H groups in total. The van der Waals surface area contributed by atoms with Crippen LogP contribution in [0.1, 0.15) is 33.4 Å². The van der Waals surface area contributed by atoms with Gasteiger partial charge in [0.25, 0.3) is 0 Å². The molecule has 1 aromatic heterocycles. The summed E-state index contributed by atoms with van der Waals surface area (Å²) in [6.45, 7) is 11.2. The van der Waals surface area contributed by atoms with Crippen LogP contribution in [-0.4, -0.2) is 22.6 Å². The van der Waals surface area contributed by atoms with Crippen LogP contribution in [0.25, 0.3) is 0 Å². The summed E-state index contributed by atoms with van der Waals surface area (Å²) in [5.74, 6) is 2.84. The van der Waals surface area contributed by atoms with Gasteiger partial charge in [-0.1, -0.05) is 13.8 Å². The fourth-order valence-electron chi connectivity index (χ4n) is 2.04. The van der Waals surface area contributed by atoms with Crippen LogP contribution in [0, 0.1) is 12.8 Å². The van der Waals surface area contributed by atoms with Gasteiger partial charge >= 0.3 is 0 Å². The number of aryl methyl sites for hydroxylation is 1. The Bertz CT molecular complexity index is 623. The van der Waals surface area contributed by atoms with Crippen LogP contribution in [0.15, 0.2) is 30.3 Å². The highest BCUT2D eigenvalue weighted by Gasteiger charge is 2.04. The smallest absolute Gasteiger partial charge is 0.224 e. The van der Waals surface area contributed by atoms with Gasteiger partial charge in [0.15, 0.2) is 0 Å². The van der Waals surface area contributed by atoms with Gasteiger partial charge in [0.2, 0.25) is 5.95 Å². The van der Waals surface area contributed by atoms with Gasteiger partial charge in [-0.3, -0.25) is 0 Å². The normalized spacial score (nSPS) is 10.9. The summed E-state index contributed by atoms with van der Waals surface area (Å²) < 4.78 is 5.65. The van der Waals surface area contributed by atoms with Gasteiger partial charge in [0.1, 0.15) is 11.6 Å². The van der Waals surface area contributed by atoms with E-state index in [1.165, 1.54) is 0 Å². The van der Waals surface area contributed by atoms with Crippen LogP contribution in [0.3, 0.4) is 0 Å². The molecule has 0 atom stereocenters. The van der Waals surface area contributed by atoms with Crippen molar-refractivity contribution in [2.75, 3.05) is 17.2 Å². The summed E-state index contributed by atoms with van der Waals surface area (Å²) in [6, 6.07) is 9.80. The van der Waals surface area contributed by atoms with E-state index in [-0.39, 0.29) is 6.10 Å². The number of benzene rings is 1. The minimum atomic E-state index is 0.174. The first-order chi connectivity index (χ1) is 10.9. The Morgan fingerprint density at radius 3 is 2.35 bits per heavy atom. The maximum Gasteiger partial charge on any atom is 0.224 e. The molecule has 5 heteroatoms. The molecule has 0 spiro atoms. The van der Waals surface area contributed by atoms with Gasteiger partial charge in [-0.2, -0.15) is 4.98 Å². The minimum absolute atomic E-state index is 0.174. The lowest BCUT2D eigenvalue weighted by Gasteiger charge is -2.12. The quantitative estimate of drug-likeness (QED) is 0.794. The number of anilines is 3. The number of ether oxygens (including phenoxy) is 1. The topological polar surface area (TPSA) is 59.1 Å². The Labute approximate surface area is 138 Å². The molecule has 1 heterocycles. The van der Waals surface area contributed by atoms with E-state index in [1.54, 1.807) is 0 Å². The zero-order valence-corrected chi connectivity index (χ0v) is 14.6. The molecule has 0 saturated heterocycles. The molecule has 23 heavy (non-hydrogen) atoms. The van der Waals surface area contributed by atoms with Crippen LogP contribution in [0.4, 0.5) is 17.5 Å². The van der Waals surface area contributed by atoms with Crippen molar-refractivity contribution in [2.24, 2.45) is 5.92 Å². The third-order valence-corrected chi connectivity index (χ3v) is 3.02. The Morgan fingerprint density at radius 2 is 1.74 bits per heavy atom. The van der Waals surface area contributed by atoms with Gasteiger partial charge in [0.05, 0.1) is 6.10 Å². The molecule has 0 radical (unpaired) electrons. The average Bonchev–Trinajstić information content (AvgIpc) is 2.46. The number of nitrogens with one attached hydrogen (secondary N) is 2. The summed E-state index contributed by atoms with van der Waals surface area (Å²) in [5.41, 5.74) is 1.89. The van der Waals surface area contributed by atoms with Crippen molar-refractivity contribution in [3.63, 3.8) is 0 Å². The number of aromatic nitrogens is 2. The van der Waals surface area contributed by atoms with E-state index in [4.69, 9.17) is 4.74 Å². The van der Waals surface area contributed by atoms with Gasteiger partial charge in [-0.15, -0.1) is 0 Å². The highest BCUT2D eigenvalue weighted by Crippen LogP contribution is 2.21. The van der Waals surface area contributed by atoms with Gasteiger partial charge < -0.3 is 15.4 Å². The van der Waals surface area contributed by atoms with Crippen LogP contribution in [0.5, 0.6) is 5.75 Å². The molecule has 0 amide bonds. The standard InChI is InChI=1S/C18H26N4O/c1-12(2)11-19-18-20-14(5)10-17(22-18)21-15-6-8-16(9-7-15)23-13(3)4/h6-10,12-13H,11H2,1-5H3,(H2,19,20,21,22). The molecule has 0 aliphatic rings. The van der Waals surface area contributed by atoms with Crippen molar-refractivity contribution in [3.8, 4) is 5.75 Å². The van der Waals surface area contributed by atoms with E-state index in [9.17, 15) is 0 Å². The SMILES string of the molecule is Cc1cc(Nc2ccc(OC(C)C)cc2)nc(NCC(C)C)n1. The largest absolute Gasteiger partial charge is 0.491 e. The molecule has 0 saturated carbocycles. The van der Waals surface area contributed by atoms with E-state index in [0.29, 0.717) is 11.9 Å². The average molecular weight is 314 g/mol. The predicted molar refractivity (Wildman–Crippen MR) is 95.6 cm³/mol. The van der Waals surface area contributed by atoms with Gasteiger partial charge in [-0.05, 0) is 51.0 Å². The maximum atomic E-state index is 5.65. The number of rotatable bonds is 7. The molecule has 2 rings (SSSR count). The van der Waals surface area contributed by atoms with E-state index >= 15 is 0 Å². The number of hydrogen-bond donors (Lipinski definition) is 2. The lowest BCUT2D eigenvalue weighted by molar-refractivity contribution is 0.242. The summed E-state index contributed by atoms with van der Waals surface area (Å²) in [7, 11) is 0. The summed E-state index contributed by atoms with van der Waals surface area (Å²) in [4.78, 5) is 8.92. The Hall–Kier alpha value is -2.30. The van der Waals surface area contributed by atoms with Gasteiger partial charge in [0, 0.05) is 24.0 Å². The van der Waals surface area contributed by atoms with Crippen molar-refractivity contribution in [1.82, 2.24) is 9.97 Å². The van der Waals surface area contributed by atoms with E-state index in [1.807, 2.05) is 51.1 Å². The lowest BCUT2D eigenvalue weighted by atomic mass is 10.2. The van der Waals surface area contributed by atoms with Crippen LogP contribution in [-0.2, 0) is 0 Å². The number of nitrogens with zero attached hydrogens (tertiary/aromatic N) is 2. The third-order valence-electron chi connectivity index (χ3n) is 3.02. The fourth-order valence-corrected chi connectivity index (χ4v) is 2.04. The van der Waals surface area contributed by atoms with E-state index in [0.717, 1.165) is 29.5 Å². The summed E-state index contributed by atoms with van der Waals surface area (Å²) >= 11 is 0. The highest BCUT2D eigenvalue weighted by molar-refractivity contribution is 5.58. The van der Waals surface area contributed by atoms with Crippen LogP contribution in [0.2, 0.25) is 0 Å². The molecular weight excluding hydrogens is 288 g/mol. The fraction of sp³-hybridized carbons (Fsp3) is 0.444. The van der Waals surface area contributed by atoms with E-state index < -0.39 is 0 Å². The first kappa shape index (κ1) is 17.1. The Balaban J connectivity index is 2.07. The molecule has 0 aliphatic heterocycles. The zero-order valence-electron chi connectivity index (χ0n) is 14.6. The summed E-state index contributed by atoms with van der Waals surface area (Å²) in [5, 5.41) is 6.57. The van der Waals surface area contributed by atoms with Crippen molar-refractivity contribution < 1.29 is 4.74 Å². The highest BCUT2D eigenvalue weighted by atomic mass is 16.5. The van der Waals surface area contributed by atoms with Crippen molar-refractivity contribution in [2.45, 2.75) is 40.7 Å². The zero-order chi connectivity index (χ0) is 16.8. The molecular formula is C18H26N4O.